The molecule has 0 fully saturated rings. The third-order valence-electron chi connectivity index (χ3n) is 6.74. The Labute approximate surface area is 245 Å². The van der Waals surface area contributed by atoms with Gasteiger partial charge in [0.2, 0.25) is 6.41 Å². The fraction of sp³-hybridized carbons (Fsp3) is 0.214. The number of nitrogens with zero attached hydrogens (tertiary/aromatic N) is 1. The van der Waals surface area contributed by atoms with Gasteiger partial charge in [0.15, 0.2) is 0 Å². The summed E-state index contributed by atoms with van der Waals surface area (Å²) in [5.41, 5.74) is 13.8. The van der Waals surface area contributed by atoms with Crippen LogP contribution in [0.2, 0.25) is 0 Å². The quantitative estimate of drug-likeness (QED) is 0.0839. The number of primary amides is 1. The number of nitrogens with one attached hydrogen (secondary N) is 5. The topological polar surface area (TPSA) is 167 Å². The van der Waals surface area contributed by atoms with E-state index in [1.807, 2.05) is 25.1 Å². The number of nitrogens with two attached hydrogens (primary N) is 1. The van der Waals surface area contributed by atoms with Crippen LogP contribution in [0.1, 0.15) is 53.7 Å². The second-order valence-electron chi connectivity index (χ2n) is 9.33. The summed E-state index contributed by atoms with van der Waals surface area (Å²) in [6, 6.07) is 6.02. The number of carbonyl (C=O) groups excluding carboxylic acids is 4. The van der Waals surface area contributed by atoms with E-state index in [0.29, 0.717) is 40.4 Å². The number of thioether (sulfide) groups is 1. The predicted molar refractivity (Wildman–Crippen MR) is 162 cm³/mol. The minimum absolute atomic E-state index is 0.203. The number of carbonyl (C=O) groups is 4. The highest BCUT2D eigenvalue weighted by molar-refractivity contribution is 7.99. The molecular weight excluding hydrogens is 566 g/mol. The van der Waals surface area contributed by atoms with Crippen LogP contribution in [0.25, 0.3) is 11.1 Å². The molecule has 13 heteroatoms. The van der Waals surface area contributed by atoms with Crippen LogP contribution in [0.3, 0.4) is 0 Å². The Morgan fingerprint density at radius 1 is 0.976 bits per heavy atom. The summed E-state index contributed by atoms with van der Waals surface area (Å²) >= 11 is 7.51. The highest BCUT2D eigenvalue weighted by Gasteiger charge is 2.23. The van der Waals surface area contributed by atoms with Crippen molar-refractivity contribution in [3.05, 3.63) is 76.1 Å². The van der Waals surface area contributed by atoms with Gasteiger partial charge in [-0.3, -0.25) is 29.3 Å². The lowest BCUT2D eigenvalue weighted by atomic mass is 10.0. The summed E-state index contributed by atoms with van der Waals surface area (Å²) < 4.78 is 1.37. The first-order chi connectivity index (χ1) is 19.6. The molecular formula is C28H30ClN7O4S. The summed E-state index contributed by atoms with van der Waals surface area (Å²) in [5.74, 6) is -0.218. The van der Waals surface area contributed by atoms with Gasteiger partial charge in [-0.25, -0.2) is 0 Å². The Morgan fingerprint density at radius 2 is 1.61 bits per heavy atom. The largest absolute Gasteiger partial charge is 0.364 e. The molecule has 4 rings (SSSR count). The zero-order valence-corrected chi connectivity index (χ0v) is 24.5. The van der Waals surface area contributed by atoms with Crippen LogP contribution in [-0.2, 0) is 4.79 Å². The minimum Gasteiger partial charge on any atom is -0.364 e. The SMILES string of the molecule is Cc1cc(-c2cn(NC=O)c(C(=O)Nc3c[nH]c(C(=O)Nc4c[nH]c(C(N)=O)c4C)c3C)c2C)ccc1SCCCl. The zero-order valence-electron chi connectivity index (χ0n) is 22.9. The molecule has 0 aliphatic carbocycles. The van der Waals surface area contributed by atoms with Gasteiger partial charge in [-0.1, -0.05) is 12.1 Å². The van der Waals surface area contributed by atoms with E-state index in [4.69, 9.17) is 17.3 Å². The number of hydrogen-bond donors (Lipinski definition) is 6. The van der Waals surface area contributed by atoms with E-state index in [1.54, 1.807) is 38.7 Å². The number of anilines is 2. The van der Waals surface area contributed by atoms with Gasteiger partial charge in [0.25, 0.3) is 17.7 Å². The molecule has 7 N–H and O–H groups in total. The Bertz CT molecular complexity index is 1650. The second-order valence-corrected chi connectivity index (χ2v) is 10.8. The lowest BCUT2D eigenvalue weighted by molar-refractivity contribution is -0.106. The van der Waals surface area contributed by atoms with Gasteiger partial charge in [0, 0.05) is 51.8 Å². The molecule has 0 spiro atoms. The molecule has 0 aliphatic rings. The first-order valence-corrected chi connectivity index (χ1v) is 14.1. The standard InChI is InChI=1S/C28H30ClN7O4S/c1-14-9-18(5-6-22(14)41-8-7-29)19-12-36(33-13-37)25(15(19)2)28(40)35-21-11-32-24(17(21)4)27(39)34-20-10-31-23(16(20)3)26(30)38/h5-6,9-13,31-32H,7-8H2,1-4H3,(H2,30,38)(H,33,37)(H,34,39)(H,35,40). The summed E-state index contributed by atoms with van der Waals surface area (Å²) in [7, 11) is 0. The number of aryl methyl sites for hydroxylation is 1. The van der Waals surface area contributed by atoms with Crippen LogP contribution < -0.4 is 21.8 Å². The van der Waals surface area contributed by atoms with Crippen LogP contribution in [-0.4, -0.2) is 50.4 Å². The molecule has 0 atom stereocenters. The van der Waals surface area contributed by atoms with E-state index in [0.717, 1.165) is 27.3 Å². The summed E-state index contributed by atoms with van der Waals surface area (Å²) in [4.78, 5) is 56.1. The Balaban J connectivity index is 1.58. The number of H-pyrrole nitrogens is 2. The van der Waals surface area contributed by atoms with E-state index >= 15 is 0 Å². The van der Waals surface area contributed by atoms with Crippen molar-refractivity contribution in [3.8, 4) is 11.1 Å². The van der Waals surface area contributed by atoms with Gasteiger partial charge in [0.1, 0.15) is 17.1 Å². The van der Waals surface area contributed by atoms with Gasteiger partial charge in [-0.15, -0.1) is 23.4 Å². The van der Waals surface area contributed by atoms with E-state index in [-0.39, 0.29) is 17.1 Å². The van der Waals surface area contributed by atoms with E-state index in [2.05, 4.69) is 26.0 Å². The number of amides is 4. The highest BCUT2D eigenvalue weighted by atomic mass is 35.5. The fourth-order valence-corrected chi connectivity index (χ4v) is 5.54. The van der Waals surface area contributed by atoms with Crippen molar-refractivity contribution in [1.82, 2.24) is 14.6 Å². The van der Waals surface area contributed by atoms with Crippen molar-refractivity contribution in [3.63, 3.8) is 0 Å². The van der Waals surface area contributed by atoms with Gasteiger partial charge in [0.05, 0.1) is 11.4 Å². The maximum atomic E-state index is 13.5. The molecule has 0 unspecified atom stereocenters. The van der Waals surface area contributed by atoms with E-state index in [9.17, 15) is 19.2 Å². The molecule has 0 saturated heterocycles. The monoisotopic (exact) mass is 595 g/mol. The molecule has 0 aliphatic heterocycles. The molecule has 0 radical (unpaired) electrons. The van der Waals surface area contributed by atoms with Crippen LogP contribution in [0.5, 0.6) is 0 Å². The maximum Gasteiger partial charge on any atom is 0.274 e. The number of aromatic nitrogens is 3. The average Bonchev–Trinajstić information content (AvgIpc) is 3.58. The lowest BCUT2D eigenvalue weighted by Gasteiger charge is -2.10. The van der Waals surface area contributed by atoms with Crippen molar-refractivity contribution in [1.29, 1.82) is 0 Å². The number of rotatable bonds is 11. The van der Waals surface area contributed by atoms with Crippen LogP contribution >= 0.6 is 23.4 Å². The summed E-state index contributed by atoms with van der Waals surface area (Å²) in [6.07, 6.45) is 5.18. The number of alkyl halides is 1. The van der Waals surface area contributed by atoms with Crippen molar-refractivity contribution < 1.29 is 19.2 Å². The minimum atomic E-state index is -0.635. The third kappa shape index (κ3) is 6.03. The van der Waals surface area contributed by atoms with Crippen molar-refractivity contribution >= 4 is 58.9 Å². The zero-order chi connectivity index (χ0) is 29.8. The van der Waals surface area contributed by atoms with E-state index in [1.165, 1.54) is 17.1 Å². The van der Waals surface area contributed by atoms with Crippen molar-refractivity contribution in [2.45, 2.75) is 32.6 Å². The predicted octanol–water partition coefficient (Wildman–Crippen LogP) is 4.68. The molecule has 214 valence electrons. The molecule has 4 aromatic rings. The van der Waals surface area contributed by atoms with Crippen LogP contribution in [0, 0.1) is 27.7 Å². The smallest absolute Gasteiger partial charge is 0.274 e. The molecule has 41 heavy (non-hydrogen) atoms. The van der Waals surface area contributed by atoms with Gasteiger partial charge in [-0.2, -0.15) is 0 Å². The normalized spacial score (nSPS) is 10.9. The molecule has 11 nitrogen and oxygen atoms in total. The van der Waals surface area contributed by atoms with E-state index < -0.39 is 17.7 Å². The highest BCUT2D eigenvalue weighted by Crippen LogP contribution is 2.32. The second kappa shape index (κ2) is 12.4. The number of aromatic amines is 2. The summed E-state index contributed by atoms with van der Waals surface area (Å²) in [5, 5.41) is 5.57. The first kappa shape index (κ1) is 29.6. The fourth-order valence-electron chi connectivity index (χ4n) is 4.56. The summed E-state index contributed by atoms with van der Waals surface area (Å²) in [6.45, 7) is 7.17. The van der Waals surface area contributed by atoms with Gasteiger partial charge < -0.3 is 26.3 Å². The van der Waals surface area contributed by atoms with Crippen LogP contribution in [0.4, 0.5) is 11.4 Å². The van der Waals surface area contributed by atoms with Crippen molar-refractivity contribution in [2.75, 3.05) is 27.7 Å². The molecule has 0 saturated carbocycles. The number of benzene rings is 1. The molecule has 1 aromatic carbocycles. The third-order valence-corrected chi connectivity index (χ3v) is 8.33. The van der Waals surface area contributed by atoms with Gasteiger partial charge in [-0.05, 0) is 50.5 Å². The number of halogens is 1. The Hall–Kier alpha value is -4.42. The average molecular weight is 596 g/mol. The van der Waals surface area contributed by atoms with Crippen LogP contribution in [0.15, 0.2) is 41.7 Å². The Morgan fingerprint density at radius 3 is 2.20 bits per heavy atom. The molecule has 4 amide bonds. The lowest BCUT2D eigenvalue weighted by Crippen LogP contribution is -2.23. The first-order valence-electron chi connectivity index (χ1n) is 12.6. The molecule has 0 bridgehead atoms. The van der Waals surface area contributed by atoms with Crippen molar-refractivity contribution in [2.24, 2.45) is 5.73 Å². The maximum absolute atomic E-state index is 13.5. The molecule has 3 aromatic heterocycles. The van der Waals surface area contributed by atoms with Gasteiger partial charge >= 0.3 is 0 Å². The molecule has 3 heterocycles. The Kier molecular flexibility index (Phi) is 8.94. The number of hydrogen-bond acceptors (Lipinski definition) is 5.